The highest BCUT2D eigenvalue weighted by Gasteiger charge is 2.27. The number of nitrogens with zero attached hydrogens (tertiary/aromatic N) is 1. The van der Waals surface area contributed by atoms with Gasteiger partial charge in [0, 0.05) is 19.5 Å². The van der Waals surface area contributed by atoms with Crippen LogP contribution in [0.15, 0.2) is 24.3 Å². The van der Waals surface area contributed by atoms with Gasteiger partial charge in [-0.2, -0.15) is 0 Å². The second-order valence-corrected chi connectivity index (χ2v) is 7.17. The third-order valence-corrected chi connectivity index (χ3v) is 4.64. The lowest BCUT2D eigenvalue weighted by Gasteiger charge is -2.32. The SMILES string of the molecule is COc1ccc(CC[C@H]2CCCN(C(=O)C(=O)CC(C)C)C2)cc1. The number of likely N-dealkylation sites (tertiary alicyclic amines) is 1. The molecule has 0 aromatic heterocycles. The number of benzene rings is 1. The highest BCUT2D eigenvalue weighted by Crippen LogP contribution is 2.23. The van der Waals surface area contributed by atoms with E-state index in [0.717, 1.165) is 44.5 Å². The van der Waals surface area contributed by atoms with E-state index in [0.29, 0.717) is 12.3 Å². The van der Waals surface area contributed by atoms with E-state index in [9.17, 15) is 9.59 Å². The predicted octanol–water partition coefficient (Wildman–Crippen LogP) is 3.48. The van der Waals surface area contributed by atoms with Gasteiger partial charge < -0.3 is 9.64 Å². The van der Waals surface area contributed by atoms with Gasteiger partial charge in [-0.1, -0.05) is 26.0 Å². The van der Waals surface area contributed by atoms with Gasteiger partial charge in [0.2, 0.25) is 5.78 Å². The van der Waals surface area contributed by atoms with E-state index in [-0.39, 0.29) is 17.6 Å². The fourth-order valence-corrected chi connectivity index (χ4v) is 3.28. The van der Waals surface area contributed by atoms with Crippen LogP contribution in [0.2, 0.25) is 0 Å². The summed E-state index contributed by atoms with van der Waals surface area (Å²) in [6.45, 7) is 5.39. The molecular weight excluding hydrogens is 302 g/mol. The number of methoxy groups -OCH3 is 1. The predicted molar refractivity (Wildman–Crippen MR) is 95.1 cm³/mol. The summed E-state index contributed by atoms with van der Waals surface area (Å²) < 4.78 is 5.18. The number of carbonyl (C=O) groups is 2. The van der Waals surface area contributed by atoms with E-state index in [2.05, 4.69) is 12.1 Å². The molecule has 1 saturated heterocycles. The second kappa shape index (κ2) is 8.86. The molecule has 1 aliphatic rings. The van der Waals surface area contributed by atoms with E-state index in [1.54, 1.807) is 12.0 Å². The molecule has 1 fully saturated rings. The molecule has 1 aromatic rings. The largest absolute Gasteiger partial charge is 0.497 e. The third-order valence-electron chi connectivity index (χ3n) is 4.64. The molecule has 0 bridgehead atoms. The van der Waals surface area contributed by atoms with Gasteiger partial charge in [-0.05, 0) is 55.2 Å². The first-order valence-corrected chi connectivity index (χ1v) is 8.94. The van der Waals surface area contributed by atoms with Crippen molar-refractivity contribution in [1.29, 1.82) is 0 Å². The van der Waals surface area contributed by atoms with Crippen LogP contribution in [0.5, 0.6) is 5.75 Å². The van der Waals surface area contributed by atoms with Crippen molar-refractivity contribution in [3.63, 3.8) is 0 Å². The fraction of sp³-hybridized carbons (Fsp3) is 0.600. The summed E-state index contributed by atoms with van der Waals surface area (Å²) in [7, 11) is 1.67. The number of piperidine rings is 1. The first-order chi connectivity index (χ1) is 11.5. The van der Waals surface area contributed by atoms with Crippen molar-refractivity contribution in [2.75, 3.05) is 20.2 Å². The Morgan fingerprint density at radius 1 is 1.25 bits per heavy atom. The van der Waals surface area contributed by atoms with Gasteiger partial charge >= 0.3 is 0 Å². The van der Waals surface area contributed by atoms with Crippen LogP contribution in [-0.4, -0.2) is 36.8 Å². The number of amides is 1. The minimum atomic E-state index is -0.280. The highest BCUT2D eigenvalue weighted by atomic mass is 16.5. The molecule has 0 aliphatic carbocycles. The molecule has 4 nitrogen and oxygen atoms in total. The smallest absolute Gasteiger partial charge is 0.289 e. The maximum atomic E-state index is 12.3. The number of Topliss-reactive ketones (excluding diaryl/α,β-unsaturated/α-hetero) is 1. The average Bonchev–Trinajstić information content (AvgIpc) is 2.59. The van der Waals surface area contributed by atoms with Crippen LogP contribution in [0.3, 0.4) is 0 Å². The number of carbonyl (C=O) groups excluding carboxylic acids is 2. The lowest BCUT2D eigenvalue weighted by Crippen LogP contribution is -2.43. The van der Waals surface area contributed by atoms with Crippen molar-refractivity contribution in [1.82, 2.24) is 4.90 Å². The lowest BCUT2D eigenvalue weighted by atomic mass is 9.91. The zero-order valence-corrected chi connectivity index (χ0v) is 15.1. The highest BCUT2D eigenvalue weighted by molar-refractivity contribution is 6.36. The van der Waals surface area contributed by atoms with Crippen LogP contribution in [0.4, 0.5) is 0 Å². The Kier molecular flexibility index (Phi) is 6.83. The summed E-state index contributed by atoms with van der Waals surface area (Å²) >= 11 is 0. The number of hydrogen-bond acceptors (Lipinski definition) is 3. The number of ketones is 1. The molecule has 1 heterocycles. The van der Waals surface area contributed by atoms with E-state index in [4.69, 9.17) is 4.74 Å². The van der Waals surface area contributed by atoms with Gasteiger partial charge in [0.15, 0.2) is 0 Å². The van der Waals surface area contributed by atoms with E-state index < -0.39 is 0 Å². The van der Waals surface area contributed by atoms with E-state index >= 15 is 0 Å². The Bertz CT molecular complexity index is 551. The molecule has 1 atom stereocenters. The Balaban J connectivity index is 1.83. The molecule has 1 aliphatic heterocycles. The summed E-state index contributed by atoms with van der Waals surface area (Å²) in [4.78, 5) is 26.1. The normalized spacial score (nSPS) is 17.8. The zero-order valence-electron chi connectivity index (χ0n) is 15.1. The van der Waals surface area contributed by atoms with Crippen LogP contribution < -0.4 is 4.74 Å². The number of hydrogen-bond donors (Lipinski definition) is 0. The molecule has 0 spiro atoms. The summed E-state index contributed by atoms with van der Waals surface area (Å²) in [5, 5.41) is 0. The van der Waals surface area contributed by atoms with Crippen LogP contribution in [0.25, 0.3) is 0 Å². The Labute approximate surface area is 145 Å². The Hall–Kier alpha value is -1.84. The Morgan fingerprint density at radius 3 is 2.58 bits per heavy atom. The third kappa shape index (κ3) is 5.36. The monoisotopic (exact) mass is 331 g/mol. The first-order valence-electron chi connectivity index (χ1n) is 8.94. The molecule has 2 rings (SSSR count). The zero-order chi connectivity index (χ0) is 17.5. The van der Waals surface area contributed by atoms with Gasteiger partial charge in [0.25, 0.3) is 5.91 Å². The van der Waals surface area contributed by atoms with Crippen LogP contribution in [0.1, 0.15) is 45.1 Å². The molecule has 4 heteroatoms. The summed E-state index contributed by atoms with van der Waals surface area (Å²) in [6.07, 6.45) is 4.53. The van der Waals surface area contributed by atoms with Crippen molar-refractivity contribution in [3.8, 4) is 5.75 Å². The van der Waals surface area contributed by atoms with Gasteiger partial charge in [-0.15, -0.1) is 0 Å². The van der Waals surface area contributed by atoms with E-state index in [1.807, 2.05) is 26.0 Å². The van der Waals surface area contributed by atoms with Gasteiger partial charge in [-0.3, -0.25) is 9.59 Å². The minimum absolute atomic E-state index is 0.233. The molecule has 132 valence electrons. The summed E-state index contributed by atoms with van der Waals surface area (Å²) in [5.41, 5.74) is 1.29. The van der Waals surface area contributed by atoms with E-state index in [1.165, 1.54) is 5.56 Å². The van der Waals surface area contributed by atoms with Crippen molar-refractivity contribution in [2.45, 2.75) is 46.0 Å². The van der Waals surface area contributed by atoms with Crippen LogP contribution in [-0.2, 0) is 16.0 Å². The van der Waals surface area contributed by atoms with Gasteiger partial charge in [0.1, 0.15) is 5.75 Å². The first kappa shape index (κ1) is 18.5. The number of ether oxygens (including phenoxy) is 1. The molecular formula is C20H29NO3. The molecule has 0 N–H and O–H groups in total. The summed E-state index contributed by atoms with van der Waals surface area (Å²) in [5.74, 6) is 1.07. The van der Waals surface area contributed by atoms with Crippen LogP contribution in [0, 0.1) is 11.8 Å². The Morgan fingerprint density at radius 2 is 1.96 bits per heavy atom. The minimum Gasteiger partial charge on any atom is -0.497 e. The molecule has 1 amide bonds. The number of aryl methyl sites for hydroxylation is 1. The van der Waals surface area contributed by atoms with Crippen molar-refractivity contribution in [3.05, 3.63) is 29.8 Å². The van der Waals surface area contributed by atoms with Gasteiger partial charge in [0.05, 0.1) is 7.11 Å². The number of rotatable bonds is 7. The maximum absolute atomic E-state index is 12.3. The topological polar surface area (TPSA) is 46.6 Å². The molecule has 0 radical (unpaired) electrons. The molecule has 24 heavy (non-hydrogen) atoms. The average molecular weight is 331 g/mol. The fourth-order valence-electron chi connectivity index (χ4n) is 3.28. The van der Waals surface area contributed by atoms with Crippen molar-refractivity contribution >= 4 is 11.7 Å². The molecule has 0 saturated carbocycles. The van der Waals surface area contributed by atoms with Crippen molar-refractivity contribution in [2.24, 2.45) is 11.8 Å². The van der Waals surface area contributed by atoms with Crippen molar-refractivity contribution < 1.29 is 14.3 Å². The standard InChI is InChI=1S/C20H29NO3/c1-15(2)13-19(22)20(23)21-12-4-5-17(14-21)7-6-16-8-10-18(24-3)11-9-16/h8-11,15,17H,4-7,12-14H2,1-3H3/t17-/m1/s1. The molecule has 1 aromatic carbocycles. The quantitative estimate of drug-likeness (QED) is 0.719. The molecule has 0 unspecified atom stereocenters. The van der Waals surface area contributed by atoms with Gasteiger partial charge in [-0.25, -0.2) is 0 Å². The maximum Gasteiger partial charge on any atom is 0.289 e. The van der Waals surface area contributed by atoms with Crippen LogP contribution >= 0.6 is 0 Å². The lowest BCUT2D eigenvalue weighted by molar-refractivity contribution is -0.146. The second-order valence-electron chi connectivity index (χ2n) is 7.17. The summed E-state index contributed by atoms with van der Waals surface area (Å²) in [6, 6.07) is 8.15.